The lowest BCUT2D eigenvalue weighted by molar-refractivity contribution is -0.126. The Balaban J connectivity index is 1.59. The van der Waals surface area contributed by atoms with Crippen LogP contribution in [0.2, 0.25) is 0 Å². The van der Waals surface area contributed by atoms with Crippen molar-refractivity contribution in [1.82, 2.24) is 25.2 Å². The summed E-state index contributed by atoms with van der Waals surface area (Å²) in [5, 5.41) is 9.09. The van der Waals surface area contributed by atoms with Crippen molar-refractivity contribution in [2.45, 2.75) is 71.1 Å². The first-order chi connectivity index (χ1) is 17.9. The molecule has 2 heterocycles. The van der Waals surface area contributed by atoms with E-state index in [0.717, 1.165) is 19.3 Å². The van der Waals surface area contributed by atoms with Gasteiger partial charge in [-0.05, 0) is 59.1 Å². The number of carbonyl (C=O) groups is 2. The second-order valence-corrected chi connectivity index (χ2v) is 10.3. The number of rotatable bonds is 6. The Hall–Kier alpha value is -3.94. The molecule has 1 saturated carbocycles. The average Bonchev–Trinajstić information content (AvgIpc) is 2.87. The standard InChI is InChI=1S/C27H36FN7O3/c1-17(35(6)26(37)38-27(2,3)4)24(36)32-20-9-7-8-18(14-20)10-11-19-15-31-25(34-23(19)29-5)33-21-12-13-22(28)30-16-21/h12-13,15-18,20H,7-9,14H2,1-6H3,(H,32,36)(H2,29,31,33,34)/t17-,18-,20-/m0/s1. The van der Waals surface area contributed by atoms with E-state index in [4.69, 9.17) is 4.74 Å². The molecule has 0 unspecified atom stereocenters. The number of ether oxygens (including phenoxy) is 1. The maximum absolute atomic E-state index is 13.0. The van der Waals surface area contributed by atoms with Crippen LogP contribution in [0.3, 0.4) is 0 Å². The summed E-state index contributed by atoms with van der Waals surface area (Å²) in [7, 11) is 3.31. The van der Waals surface area contributed by atoms with Crippen LogP contribution in [-0.4, -0.2) is 63.6 Å². The van der Waals surface area contributed by atoms with Crippen molar-refractivity contribution in [3.63, 3.8) is 0 Å². The minimum Gasteiger partial charge on any atom is -0.444 e. The molecule has 1 aliphatic rings. The zero-order valence-corrected chi connectivity index (χ0v) is 22.8. The molecule has 2 aromatic rings. The maximum Gasteiger partial charge on any atom is 0.410 e. The van der Waals surface area contributed by atoms with Crippen molar-refractivity contribution >= 4 is 29.5 Å². The summed E-state index contributed by atoms with van der Waals surface area (Å²) in [5.41, 5.74) is 0.578. The smallest absolute Gasteiger partial charge is 0.410 e. The fourth-order valence-electron chi connectivity index (χ4n) is 3.92. The highest BCUT2D eigenvalue weighted by Crippen LogP contribution is 2.25. The summed E-state index contributed by atoms with van der Waals surface area (Å²) >= 11 is 0. The highest BCUT2D eigenvalue weighted by Gasteiger charge is 2.29. The summed E-state index contributed by atoms with van der Waals surface area (Å²) in [6.07, 6.45) is 5.89. The second-order valence-electron chi connectivity index (χ2n) is 10.3. The lowest BCUT2D eigenvalue weighted by Gasteiger charge is -2.31. The van der Waals surface area contributed by atoms with Crippen molar-refractivity contribution < 1.29 is 18.7 Å². The number of nitrogens with one attached hydrogen (secondary N) is 3. The van der Waals surface area contributed by atoms with Gasteiger partial charge in [-0.2, -0.15) is 9.37 Å². The summed E-state index contributed by atoms with van der Waals surface area (Å²) < 4.78 is 18.4. The molecule has 3 rings (SSSR count). The molecule has 3 N–H and O–H groups in total. The number of likely N-dealkylation sites (N-methyl/N-ethyl adjacent to an activating group) is 1. The zero-order chi connectivity index (χ0) is 27.9. The van der Waals surface area contributed by atoms with E-state index in [9.17, 15) is 14.0 Å². The minimum absolute atomic E-state index is 0.0269. The monoisotopic (exact) mass is 525 g/mol. The van der Waals surface area contributed by atoms with E-state index in [2.05, 4.69) is 42.7 Å². The molecular formula is C27H36FN7O3. The van der Waals surface area contributed by atoms with Crippen LogP contribution >= 0.6 is 0 Å². The Morgan fingerprint density at radius 2 is 1.97 bits per heavy atom. The first-order valence-corrected chi connectivity index (χ1v) is 12.7. The van der Waals surface area contributed by atoms with Crippen LogP contribution in [0.5, 0.6) is 0 Å². The summed E-state index contributed by atoms with van der Waals surface area (Å²) in [4.78, 5) is 38.8. The molecule has 0 radical (unpaired) electrons. The van der Waals surface area contributed by atoms with E-state index in [1.807, 2.05) is 0 Å². The SMILES string of the molecule is CNc1nc(Nc2ccc(F)nc2)ncc1C#C[C@@H]1CCC[C@H](NC(=O)[C@H](C)N(C)C(=O)OC(C)(C)C)C1. The Bertz CT molecular complexity index is 1190. The van der Waals surface area contributed by atoms with Gasteiger partial charge in [0.1, 0.15) is 17.5 Å². The van der Waals surface area contributed by atoms with Crippen LogP contribution in [0.4, 0.5) is 26.6 Å². The number of nitrogens with zero attached hydrogens (tertiary/aromatic N) is 4. The number of halogens is 1. The quantitative estimate of drug-likeness (QED) is 0.381. The largest absolute Gasteiger partial charge is 0.444 e. The summed E-state index contributed by atoms with van der Waals surface area (Å²) in [6.45, 7) is 7.05. The molecule has 0 spiro atoms. The number of carbonyl (C=O) groups excluding carboxylic acids is 2. The number of aromatic nitrogens is 3. The van der Waals surface area contributed by atoms with Gasteiger partial charge < -0.3 is 20.7 Å². The lowest BCUT2D eigenvalue weighted by atomic mass is 9.86. The van der Waals surface area contributed by atoms with Gasteiger partial charge in [0.15, 0.2) is 0 Å². The molecule has 10 nitrogen and oxygen atoms in total. The van der Waals surface area contributed by atoms with Crippen LogP contribution in [0.25, 0.3) is 0 Å². The predicted molar refractivity (Wildman–Crippen MR) is 143 cm³/mol. The topological polar surface area (TPSA) is 121 Å². The highest BCUT2D eigenvalue weighted by molar-refractivity contribution is 5.85. The van der Waals surface area contributed by atoms with Crippen molar-refractivity contribution in [2.75, 3.05) is 24.7 Å². The van der Waals surface area contributed by atoms with Crippen LogP contribution in [0, 0.1) is 23.7 Å². The van der Waals surface area contributed by atoms with Gasteiger partial charge in [0.05, 0.1) is 23.6 Å². The molecule has 2 aromatic heterocycles. The van der Waals surface area contributed by atoms with E-state index in [-0.39, 0.29) is 17.9 Å². The maximum atomic E-state index is 13.0. The van der Waals surface area contributed by atoms with E-state index in [1.54, 1.807) is 54.1 Å². The van der Waals surface area contributed by atoms with Gasteiger partial charge in [0.2, 0.25) is 17.8 Å². The number of hydrogen-bond acceptors (Lipinski definition) is 8. The molecule has 2 amide bonds. The van der Waals surface area contributed by atoms with Crippen molar-refractivity contribution in [3.05, 3.63) is 36.0 Å². The van der Waals surface area contributed by atoms with E-state index >= 15 is 0 Å². The normalized spacial score (nSPS) is 17.9. The first-order valence-electron chi connectivity index (χ1n) is 12.7. The van der Waals surface area contributed by atoms with E-state index in [1.165, 1.54) is 17.2 Å². The number of amides is 2. The number of pyridine rings is 1. The first kappa shape index (κ1) is 28.6. The third-order valence-corrected chi connectivity index (χ3v) is 6.08. The second kappa shape index (κ2) is 12.5. The van der Waals surface area contributed by atoms with E-state index in [0.29, 0.717) is 29.4 Å². The molecule has 0 saturated heterocycles. The number of anilines is 3. The van der Waals surface area contributed by atoms with Gasteiger partial charge in [0.25, 0.3) is 0 Å². The fraction of sp³-hybridized carbons (Fsp3) is 0.519. The number of hydrogen-bond donors (Lipinski definition) is 3. The Morgan fingerprint density at radius 1 is 1.21 bits per heavy atom. The Labute approximate surface area is 223 Å². The van der Waals surface area contributed by atoms with Gasteiger partial charge in [-0.25, -0.2) is 14.8 Å². The van der Waals surface area contributed by atoms with Gasteiger partial charge in [-0.15, -0.1) is 0 Å². The average molecular weight is 526 g/mol. The predicted octanol–water partition coefficient (Wildman–Crippen LogP) is 4.08. The molecule has 1 aliphatic carbocycles. The third-order valence-electron chi connectivity index (χ3n) is 6.08. The van der Waals surface area contributed by atoms with E-state index < -0.39 is 23.7 Å². The summed E-state index contributed by atoms with van der Waals surface area (Å²) in [5.74, 6) is 6.69. The molecule has 0 aliphatic heterocycles. The Kier molecular flexibility index (Phi) is 9.45. The van der Waals surface area contributed by atoms with Crippen LogP contribution in [0.15, 0.2) is 24.5 Å². The van der Waals surface area contributed by atoms with Gasteiger partial charge in [-0.3, -0.25) is 9.69 Å². The van der Waals surface area contributed by atoms with Crippen molar-refractivity contribution in [2.24, 2.45) is 5.92 Å². The van der Waals surface area contributed by atoms with Crippen LogP contribution in [0.1, 0.15) is 58.9 Å². The molecule has 3 atom stereocenters. The molecule has 1 fully saturated rings. The van der Waals surface area contributed by atoms with Crippen LogP contribution in [-0.2, 0) is 9.53 Å². The molecule has 38 heavy (non-hydrogen) atoms. The van der Waals surface area contributed by atoms with Gasteiger partial charge in [-0.1, -0.05) is 18.3 Å². The Morgan fingerprint density at radius 3 is 2.63 bits per heavy atom. The van der Waals surface area contributed by atoms with Gasteiger partial charge >= 0.3 is 6.09 Å². The van der Waals surface area contributed by atoms with Crippen LogP contribution < -0.4 is 16.0 Å². The lowest BCUT2D eigenvalue weighted by Crippen LogP contribution is -2.50. The van der Waals surface area contributed by atoms with Gasteiger partial charge in [0, 0.05) is 26.1 Å². The summed E-state index contributed by atoms with van der Waals surface area (Å²) in [6, 6.07) is 2.11. The molecule has 0 bridgehead atoms. The molecule has 0 aromatic carbocycles. The zero-order valence-electron chi connectivity index (χ0n) is 22.8. The molecule has 204 valence electrons. The molecular weight excluding hydrogens is 489 g/mol. The van der Waals surface area contributed by atoms with Crippen molar-refractivity contribution in [3.8, 4) is 11.8 Å². The fourth-order valence-corrected chi connectivity index (χ4v) is 3.92. The molecule has 11 heteroatoms. The van der Waals surface area contributed by atoms with Crippen molar-refractivity contribution in [1.29, 1.82) is 0 Å². The highest BCUT2D eigenvalue weighted by atomic mass is 19.1. The third kappa shape index (κ3) is 8.30. The minimum atomic E-state index is -0.663.